The second-order valence-electron chi connectivity index (χ2n) is 7.04. The normalized spacial score (nSPS) is 27.6. The number of ether oxygens (including phenoxy) is 2. The molecule has 1 aliphatic carbocycles. The topological polar surface area (TPSA) is 21.7 Å². The van der Waals surface area contributed by atoms with E-state index < -0.39 is 0 Å². The van der Waals surface area contributed by atoms with E-state index in [9.17, 15) is 0 Å². The molecule has 3 nitrogen and oxygen atoms in total. The molecule has 0 radical (unpaired) electrons. The molecule has 3 heteroatoms. The Morgan fingerprint density at radius 3 is 2.26 bits per heavy atom. The summed E-state index contributed by atoms with van der Waals surface area (Å²) in [5, 5.41) is 0. The number of benzene rings is 1. The molecule has 1 saturated heterocycles. The summed E-state index contributed by atoms with van der Waals surface area (Å²) in [7, 11) is 3.59. The molecule has 0 bridgehead atoms. The predicted molar refractivity (Wildman–Crippen MR) is 93.9 cm³/mol. The van der Waals surface area contributed by atoms with Gasteiger partial charge in [0.15, 0.2) is 0 Å². The molecule has 0 unspecified atom stereocenters. The van der Waals surface area contributed by atoms with Gasteiger partial charge in [0.25, 0.3) is 0 Å². The van der Waals surface area contributed by atoms with E-state index in [4.69, 9.17) is 9.47 Å². The van der Waals surface area contributed by atoms with Gasteiger partial charge < -0.3 is 14.4 Å². The van der Waals surface area contributed by atoms with Crippen LogP contribution in [-0.4, -0.2) is 38.3 Å². The van der Waals surface area contributed by atoms with Crippen LogP contribution < -0.4 is 4.74 Å². The Balaban J connectivity index is 1.78. The zero-order valence-electron chi connectivity index (χ0n) is 14.7. The molecule has 0 spiro atoms. The van der Waals surface area contributed by atoms with Crippen molar-refractivity contribution in [3.8, 4) is 5.75 Å². The van der Waals surface area contributed by atoms with Crippen LogP contribution in [0.1, 0.15) is 56.6 Å². The summed E-state index contributed by atoms with van der Waals surface area (Å²) in [4.78, 5) is 2.75. The highest BCUT2D eigenvalue weighted by molar-refractivity contribution is 5.29. The summed E-state index contributed by atoms with van der Waals surface area (Å²) < 4.78 is 11.3. The molecule has 3 rings (SSSR count). The maximum Gasteiger partial charge on any atom is 0.118 e. The van der Waals surface area contributed by atoms with E-state index in [1.165, 1.54) is 63.6 Å². The van der Waals surface area contributed by atoms with Crippen LogP contribution in [0.4, 0.5) is 0 Å². The maximum absolute atomic E-state index is 6.00. The molecule has 3 atom stereocenters. The van der Waals surface area contributed by atoms with Crippen LogP contribution in [0, 0.1) is 5.92 Å². The molecule has 23 heavy (non-hydrogen) atoms. The summed E-state index contributed by atoms with van der Waals surface area (Å²) >= 11 is 0. The lowest BCUT2D eigenvalue weighted by Crippen LogP contribution is -2.47. The SMILES string of the molecule is COc1ccc([C@H](OC)[C@@H]2CCCC[C@H]2N2CCCCC2)cc1. The van der Waals surface area contributed by atoms with Crippen molar-refractivity contribution >= 4 is 0 Å². The molecule has 1 aliphatic heterocycles. The average Bonchev–Trinajstić information content (AvgIpc) is 2.64. The van der Waals surface area contributed by atoms with Gasteiger partial charge in [0, 0.05) is 19.1 Å². The van der Waals surface area contributed by atoms with E-state index >= 15 is 0 Å². The lowest BCUT2D eigenvalue weighted by Gasteiger charge is -2.44. The molecule has 2 fully saturated rings. The van der Waals surface area contributed by atoms with Crippen molar-refractivity contribution in [2.24, 2.45) is 5.92 Å². The minimum absolute atomic E-state index is 0.202. The van der Waals surface area contributed by atoms with Crippen LogP contribution >= 0.6 is 0 Å². The van der Waals surface area contributed by atoms with Gasteiger partial charge in [-0.25, -0.2) is 0 Å². The van der Waals surface area contributed by atoms with E-state index in [0.717, 1.165) is 5.75 Å². The molecule has 0 aromatic heterocycles. The van der Waals surface area contributed by atoms with Crippen molar-refractivity contribution in [3.63, 3.8) is 0 Å². The average molecular weight is 317 g/mol. The van der Waals surface area contributed by atoms with Gasteiger partial charge in [0.2, 0.25) is 0 Å². The third-order valence-electron chi connectivity index (χ3n) is 5.73. The van der Waals surface area contributed by atoms with Crippen molar-refractivity contribution in [1.82, 2.24) is 4.90 Å². The molecule has 0 amide bonds. The molecule has 0 N–H and O–H groups in total. The van der Waals surface area contributed by atoms with Gasteiger partial charge >= 0.3 is 0 Å². The van der Waals surface area contributed by atoms with Crippen molar-refractivity contribution in [2.75, 3.05) is 27.3 Å². The number of likely N-dealkylation sites (tertiary alicyclic amines) is 1. The quantitative estimate of drug-likeness (QED) is 0.802. The predicted octanol–water partition coefficient (Wildman–Crippen LogP) is 4.43. The number of piperidine rings is 1. The summed E-state index contributed by atoms with van der Waals surface area (Å²) in [6, 6.07) is 9.15. The van der Waals surface area contributed by atoms with Gasteiger partial charge in [-0.1, -0.05) is 31.4 Å². The smallest absolute Gasteiger partial charge is 0.118 e. The number of methoxy groups -OCH3 is 2. The fourth-order valence-electron chi connectivity index (χ4n) is 4.55. The molecule has 1 saturated carbocycles. The van der Waals surface area contributed by atoms with Crippen LogP contribution in [0.25, 0.3) is 0 Å². The van der Waals surface area contributed by atoms with Gasteiger partial charge in [-0.2, -0.15) is 0 Å². The molecule has 1 aromatic rings. The minimum Gasteiger partial charge on any atom is -0.497 e. The lowest BCUT2D eigenvalue weighted by molar-refractivity contribution is -0.0204. The number of hydrogen-bond donors (Lipinski definition) is 0. The highest BCUT2D eigenvalue weighted by Crippen LogP contribution is 2.40. The van der Waals surface area contributed by atoms with Crippen LogP contribution in [0.15, 0.2) is 24.3 Å². The van der Waals surface area contributed by atoms with Crippen LogP contribution in [0.5, 0.6) is 5.75 Å². The van der Waals surface area contributed by atoms with Crippen LogP contribution in [0.2, 0.25) is 0 Å². The highest BCUT2D eigenvalue weighted by atomic mass is 16.5. The standard InChI is InChI=1S/C20H31NO2/c1-22-17-12-10-16(11-13-17)20(23-2)18-8-4-5-9-19(18)21-14-6-3-7-15-21/h10-13,18-20H,3-9,14-15H2,1-2H3/t18-,19-,20+/m1/s1. The summed E-state index contributed by atoms with van der Waals surface area (Å²) in [5.74, 6) is 1.53. The second kappa shape index (κ2) is 8.16. The largest absolute Gasteiger partial charge is 0.497 e. The molecule has 2 aliphatic rings. The van der Waals surface area contributed by atoms with Crippen molar-refractivity contribution in [2.45, 2.75) is 57.1 Å². The first kappa shape index (κ1) is 16.8. The van der Waals surface area contributed by atoms with Gasteiger partial charge in [-0.05, 0) is 56.5 Å². The van der Waals surface area contributed by atoms with E-state index in [2.05, 4.69) is 29.2 Å². The van der Waals surface area contributed by atoms with Crippen molar-refractivity contribution in [1.29, 1.82) is 0 Å². The summed E-state index contributed by atoms with van der Waals surface area (Å²) in [6.45, 7) is 2.56. The van der Waals surface area contributed by atoms with Gasteiger partial charge in [0.1, 0.15) is 5.75 Å². The van der Waals surface area contributed by atoms with Gasteiger partial charge in [-0.3, -0.25) is 0 Å². The van der Waals surface area contributed by atoms with Crippen LogP contribution in [-0.2, 0) is 4.74 Å². The van der Waals surface area contributed by atoms with E-state index in [-0.39, 0.29) is 6.10 Å². The number of rotatable bonds is 5. The van der Waals surface area contributed by atoms with E-state index in [1.807, 2.05) is 7.11 Å². The highest BCUT2D eigenvalue weighted by Gasteiger charge is 2.36. The van der Waals surface area contributed by atoms with Gasteiger partial charge in [-0.15, -0.1) is 0 Å². The Morgan fingerprint density at radius 2 is 1.61 bits per heavy atom. The monoisotopic (exact) mass is 317 g/mol. The molecular formula is C20H31NO2. The summed E-state index contributed by atoms with van der Waals surface area (Å²) in [6.07, 6.45) is 9.66. The van der Waals surface area contributed by atoms with Crippen molar-refractivity contribution in [3.05, 3.63) is 29.8 Å². The Kier molecular flexibility index (Phi) is 5.96. The first-order valence-corrected chi connectivity index (χ1v) is 9.24. The first-order valence-electron chi connectivity index (χ1n) is 9.24. The number of hydrogen-bond acceptors (Lipinski definition) is 3. The molecule has 1 aromatic carbocycles. The zero-order valence-corrected chi connectivity index (χ0v) is 14.7. The Hall–Kier alpha value is -1.06. The third kappa shape index (κ3) is 3.89. The molecule has 1 heterocycles. The lowest BCUT2D eigenvalue weighted by atomic mass is 9.77. The number of nitrogens with zero attached hydrogens (tertiary/aromatic N) is 1. The Morgan fingerprint density at radius 1 is 0.913 bits per heavy atom. The fraction of sp³-hybridized carbons (Fsp3) is 0.700. The molecule has 128 valence electrons. The zero-order chi connectivity index (χ0) is 16.1. The Labute approximate surface area is 141 Å². The molecular weight excluding hydrogens is 286 g/mol. The second-order valence-corrected chi connectivity index (χ2v) is 7.04. The van der Waals surface area contributed by atoms with Crippen molar-refractivity contribution < 1.29 is 9.47 Å². The Bertz CT molecular complexity index is 467. The van der Waals surface area contributed by atoms with Gasteiger partial charge in [0.05, 0.1) is 13.2 Å². The van der Waals surface area contributed by atoms with E-state index in [0.29, 0.717) is 12.0 Å². The van der Waals surface area contributed by atoms with E-state index in [1.54, 1.807) is 7.11 Å². The maximum atomic E-state index is 6.00. The first-order chi connectivity index (χ1) is 11.3. The minimum atomic E-state index is 0.202. The summed E-state index contributed by atoms with van der Waals surface area (Å²) in [5.41, 5.74) is 1.29. The fourth-order valence-corrected chi connectivity index (χ4v) is 4.55. The third-order valence-corrected chi connectivity index (χ3v) is 5.73. The van der Waals surface area contributed by atoms with Crippen LogP contribution in [0.3, 0.4) is 0 Å².